The van der Waals surface area contributed by atoms with Crippen molar-refractivity contribution in [2.75, 3.05) is 0 Å². The van der Waals surface area contributed by atoms with Crippen molar-refractivity contribution in [2.24, 2.45) is 0 Å². The normalized spacial score (nSPS) is 22.2. The number of imide groups is 1. The number of aromatic hydroxyl groups is 1. The summed E-state index contributed by atoms with van der Waals surface area (Å²) in [5.74, 6) is -0.0623. The molecule has 1 aromatic rings. The molecule has 2 amide bonds. The zero-order valence-corrected chi connectivity index (χ0v) is 13.0. The molecule has 1 aliphatic heterocycles. The van der Waals surface area contributed by atoms with Crippen LogP contribution in [-0.4, -0.2) is 21.8 Å². The Bertz CT molecular complexity index is 642. The van der Waals surface area contributed by atoms with E-state index in [1.54, 1.807) is 0 Å². The van der Waals surface area contributed by atoms with E-state index in [0.29, 0.717) is 5.56 Å². The van der Waals surface area contributed by atoms with Gasteiger partial charge in [0.25, 0.3) is 0 Å². The molecule has 0 radical (unpaired) electrons. The molecule has 0 bridgehead atoms. The van der Waals surface area contributed by atoms with Crippen molar-refractivity contribution in [3.8, 4) is 5.75 Å². The van der Waals surface area contributed by atoms with Crippen molar-refractivity contribution >= 4 is 11.8 Å². The maximum atomic E-state index is 11.7. The number of nitrogens with zero attached hydrogens (tertiary/aromatic N) is 1. The number of phenols is 1. The van der Waals surface area contributed by atoms with E-state index in [1.165, 1.54) is 4.90 Å². The van der Waals surface area contributed by atoms with E-state index in [1.807, 2.05) is 12.1 Å². The zero-order chi connectivity index (χ0) is 15.6. The van der Waals surface area contributed by atoms with Crippen molar-refractivity contribution in [3.63, 3.8) is 0 Å². The van der Waals surface area contributed by atoms with E-state index in [-0.39, 0.29) is 47.8 Å². The smallest absolute Gasteiger partial charge is 0.230 e. The fraction of sp³-hybridized carbons (Fsp3) is 0.529. The quantitative estimate of drug-likeness (QED) is 0.851. The van der Waals surface area contributed by atoms with Gasteiger partial charge in [-0.3, -0.25) is 14.5 Å². The molecule has 1 saturated heterocycles. The van der Waals surface area contributed by atoms with E-state index in [9.17, 15) is 14.7 Å². The van der Waals surface area contributed by atoms with Crippen LogP contribution in [0.15, 0.2) is 12.1 Å². The number of likely N-dealkylation sites (tertiary alicyclic amines) is 1. The molecule has 1 aromatic carbocycles. The van der Waals surface area contributed by atoms with Crippen LogP contribution in [0.3, 0.4) is 0 Å². The number of rotatable bonds is 2. The molecule has 21 heavy (non-hydrogen) atoms. The first-order chi connectivity index (χ1) is 9.68. The average Bonchev–Trinajstić information content (AvgIpc) is 2.71. The van der Waals surface area contributed by atoms with Crippen molar-refractivity contribution in [1.29, 1.82) is 0 Å². The molecule has 3 rings (SSSR count). The van der Waals surface area contributed by atoms with Crippen molar-refractivity contribution < 1.29 is 14.7 Å². The molecule has 4 nitrogen and oxygen atoms in total. The molecule has 4 heteroatoms. The van der Waals surface area contributed by atoms with Crippen LogP contribution in [-0.2, 0) is 27.0 Å². The summed E-state index contributed by atoms with van der Waals surface area (Å²) >= 11 is 0. The van der Waals surface area contributed by atoms with Crippen molar-refractivity contribution in [2.45, 2.75) is 57.9 Å². The summed E-state index contributed by atoms with van der Waals surface area (Å²) in [4.78, 5) is 24.7. The molecule has 0 saturated carbocycles. The highest BCUT2D eigenvalue weighted by atomic mass is 16.3. The Morgan fingerprint density at radius 2 is 1.62 bits per heavy atom. The Kier molecular flexibility index (Phi) is 2.75. The van der Waals surface area contributed by atoms with Crippen LogP contribution in [0.25, 0.3) is 0 Å². The molecular weight excluding hydrogens is 266 g/mol. The summed E-state index contributed by atoms with van der Waals surface area (Å²) < 4.78 is 0. The Hall–Kier alpha value is -1.84. The third kappa shape index (κ3) is 1.68. The minimum absolute atomic E-state index is 0.0115. The second-order valence-electron chi connectivity index (χ2n) is 7.12. The predicted molar refractivity (Wildman–Crippen MR) is 78.9 cm³/mol. The number of amides is 2. The number of hydrogen-bond acceptors (Lipinski definition) is 3. The molecule has 1 N–H and O–H groups in total. The van der Waals surface area contributed by atoms with Gasteiger partial charge in [-0.2, -0.15) is 0 Å². The van der Waals surface area contributed by atoms with Crippen LogP contribution in [0.2, 0.25) is 0 Å². The lowest BCUT2D eigenvalue weighted by molar-refractivity contribution is -0.139. The third-order valence-corrected chi connectivity index (χ3v) is 5.61. The summed E-state index contributed by atoms with van der Waals surface area (Å²) in [7, 11) is 0. The van der Waals surface area contributed by atoms with Crippen LogP contribution in [0, 0.1) is 0 Å². The minimum Gasteiger partial charge on any atom is -0.507 e. The topological polar surface area (TPSA) is 57.6 Å². The fourth-order valence-corrected chi connectivity index (χ4v) is 3.47. The van der Waals surface area contributed by atoms with Gasteiger partial charge in [-0.1, -0.05) is 39.8 Å². The van der Waals surface area contributed by atoms with E-state index >= 15 is 0 Å². The number of benzene rings is 1. The van der Waals surface area contributed by atoms with Crippen LogP contribution in [0.5, 0.6) is 5.75 Å². The maximum Gasteiger partial charge on any atom is 0.230 e. The zero-order valence-electron chi connectivity index (χ0n) is 13.0. The molecule has 0 spiro atoms. The molecular formula is C17H21NO3. The van der Waals surface area contributed by atoms with Crippen LogP contribution >= 0.6 is 0 Å². The second-order valence-corrected chi connectivity index (χ2v) is 7.12. The van der Waals surface area contributed by atoms with Crippen LogP contribution in [0.4, 0.5) is 0 Å². The number of carbonyl (C=O) groups excluding carboxylic acids is 2. The Morgan fingerprint density at radius 1 is 1.05 bits per heavy atom. The maximum absolute atomic E-state index is 11.7. The molecule has 112 valence electrons. The van der Waals surface area contributed by atoms with E-state index in [0.717, 1.165) is 11.1 Å². The van der Waals surface area contributed by atoms with E-state index in [4.69, 9.17) is 0 Å². The number of hydrogen-bond donors (Lipinski definition) is 1. The Balaban J connectivity index is 1.99. The monoisotopic (exact) mass is 287 g/mol. The minimum atomic E-state index is -0.151. The molecule has 0 unspecified atom stereocenters. The van der Waals surface area contributed by atoms with Gasteiger partial charge in [-0.25, -0.2) is 0 Å². The number of carbonyl (C=O) groups is 2. The van der Waals surface area contributed by atoms with Gasteiger partial charge in [0, 0.05) is 29.4 Å². The summed E-state index contributed by atoms with van der Waals surface area (Å²) in [5.41, 5.74) is 2.64. The van der Waals surface area contributed by atoms with Gasteiger partial charge in [0.1, 0.15) is 5.75 Å². The van der Waals surface area contributed by atoms with Gasteiger partial charge in [-0.15, -0.1) is 0 Å². The standard InChI is InChI=1S/C17H21NO3/c1-16(2)11-6-5-10(15(21)14(11)17(16,3)4)9-18-12(19)7-8-13(18)20/h5-6,21H,7-9H2,1-4H3. The van der Waals surface area contributed by atoms with Gasteiger partial charge in [0.15, 0.2) is 0 Å². The second kappa shape index (κ2) is 4.09. The fourth-order valence-electron chi connectivity index (χ4n) is 3.47. The summed E-state index contributed by atoms with van der Waals surface area (Å²) in [6.45, 7) is 8.74. The first kappa shape index (κ1) is 14.1. The lowest BCUT2D eigenvalue weighted by atomic mass is 9.49. The summed E-state index contributed by atoms with van der Waals surface area (Å²) in [6, 6.07) is 3.85. The van der Waals surface area contributed by atoms with Gasteiger partial charge in [0.05, 0.1) is 6.54 Å². The van der Waals surface area contributed by atoms with E-state index < -0.39 is 0 Å². The van der Waals surface area contributed by atoms with Gasteiger partial charge < -0.3 is 5.11 Å². The van der Waals surface area contributed by atoms with E-state index in [2.05, 4.69) is 27.7 Å². The highest BCUT2D eigenvalue weighted by Gasteiger charge is 2.53. The summed E-state index contributed by atoms with van der Waals surface area (Å²) in [6.07, 6.45) is 0.562. The molecule has 1 heterocycles. The largest absolute Gasteiger partial charge is 0.507 e. The molecule has 1 fully saturated rings. The lowest BCUT2D eigenvalue weighted by Crippen LogP contribution is -2.51. The van der Waals surface area contributed by atoms with Crippen molar-refractivity contribution in [3.05, 3.63) is 28.8 Å². The first-order valence-electron chi connectivity index (χ1n) is 7.37. The highest BCUT2D eigenvalue weighted by molar-refractivity contribution is 6.01. The SMILES string of the molecule is CC1(C)c2ccc(CN3C(=O)CCC3=O)c(O)c2C1(C)C. The van der Waals surface area contributed by atoms with Gasteiger partial charge in [-0.05, 0) is 11.0 Å². The summed E-state index contributed by atoms with van der Waals surface area (Å²) in [5, 5.41) is 10.6. The molecule has 0 atom stereocenters. The molecule has 1 aliphatic carbocycles. The highest BCUT2D eigenvalue weighted by Crippen LogP contribution is 2.59. The Labute approximate surface area is 124 Å². The van der Waals surface area contributed by atoms with Gasteiger partial charge in [0.2, 0.25) is 11.8 Å². The third-order valence-electron chi connectivity index (χ3n) is 5.61. The lowest BCUT2D eigenvalue weighted by Gasteiger charge is -2.54. The van der Waals surface area contributed by atoms with Gasteiger partial charge >= 0.3 is 0 Å². The first-order valence-corrected chi connectivity index (χ1v) is 7.37. The van der Waals surface area contributed by atoms with Crippen LogP contribution < -0.4 is 0 Å². The molecule has 2 aliphatic rings. The Morgan fingerprint density at radius 3 is 2.19 bits per heavy atom. The molecule has 0 aromatic heterocycles. The number of phenolic OH excluding ortho intramolecular Hbond substituents is 1. The van der Waals surface area contributed by atoms with Crippen molar-refractivity contribution in [1.82, 2.24) is 4.90 Å². The average molecular weight is 287 g/mol. The number of fused-ring (bicyclic) bond motifs is 1. The van der Waals surface area contributed by atoms with Crippen LogP contribution in [0.1, 0.15) is 57.2 Å². The predicted octanol–water partition coefficient (Wildman–Crippen LogP) is 2.61.